The average molecular weight is 901 g/mol. The number of carbonyl (C=O) groups excluding carboxylic acids is 2. The smallest absolute Gasteiger partial charge is 0.462 e. The van der Waals surface area contributed by atoms with Gasteiger partial charge in [-0.3, -0.25) is 18.6 Å². The Morgan fingerprint density at radius 3 is 1.65 bits per heavy atom. The Hall–Kier alpha value is -2.45. The van der Waals surface area contributed by atoms with Gasteiger partial charge in [0.05, 0.1) is 38.1 Å². The fraction of sp³-hybridized carbons (Fsp3) is 0.750. The van der Waals surface area contributed by atoms with Crippen molar-refractivity contribution in [2.75, 3.05) is 26.4 Å². The molecule has 6 N–H and O–H groups in total. The molecule has 0 fully saturated rings. The van der Waals surface area contributed by atoms with Gasteiger partial charge in [-0.05, 0) is 38.0 Å². The van der Waals surface area contributed by atoms with Crippen molar-refractivity contribution in [1.29, 1.82) is 0 Å². The van der Waals surface area contributed by atoms with Gasteiger partial charge in [0, 0.05) is 12.8 Å². The molecule has 0 radical (unpaired) electrons. The van der Waals surface area contributed by atoms with E-state index >= 15 is 0 Å². The predicted molar refractivity (Wildman–Crippen MR) is 246 cm³/mol. The molecule has 0 bridgehead atoms. The molecule has 0 aromatic carbocycles. The highest BCUT2D eigenvalue weighted by Gasteiger charge is 2.27. The topological polar surface area (TPSA) is 210 Å². The number of aliphatic hydroxyl groups is 5. The Morgan fingerprint density at radius 2 is 1.10 bits per heavy atom. The van der Waals surface area contributed by atoms with E-state index in [4.69, 9.17) is 19.1 Å². The maximum atomic E-state index is 12.7. The molecule has 360 valence electrons. The summed E-state index contributed by atoms with van der Waals surface area (Å²) in [4.78, 5) is 35.1. The monoisotopic (exact) mass is 901 g/mol. The van der Waals surface area contributed by atoms with E-state index in [2.05, 4.69) is 18.4 Å². The number of unbranched alkanes of at least 4 members (excludes halogenated alkanes) is 15. The molecule has 0 aromatic rings. The summed E-state index contributed by atoms with van der Waals surface area (Å²) in [5.41, 5.74) is 0. The van der Waals surface area contributed by atoms with Crippen molar-refractivity contribution in [3.05, 3.63) is 60.8 Å². The van der Waals surface area contributed by atoms with E-state index in [1.807, 2.05) is 19.1 Å². The summed E-state index contributed by atoms with van der Waals surface area (Å²) < 4.78 is 32.5. The highest BCUT2D eigenvalue weighted by molar-refractivity contribution is 7.47. The lowest BCUT2D eigenvalue weighted by Crippen LogP contribution is -2.30. The van der Waals surface area contributed by atoms with E-state index in [-0.39, 0.29) is 25.7 Å². The molecular formula is C48H85O13P. The van der Waals surface area contributed by atoms with Crippen LogP contribution in [0, 0.1) is 5.92 Å². The van der Waals surface area contributed by atoms with Crippen LogP contribution in [-0.4, -0.2) is 99.3 Å². The molecule has 0 amide bonds. The van der Waals surface area contributed by atoms with Gasteiger partial charge in [-0.1, -0.05) is 184 Å². The molecule has 0 heterocycles. The van der Waals surface area contributed by atoms with Crippen LogP contribution in [0.1, 0.15) is 168 Å². The number of aliphatic hydroxyl groups excluding tert-OH is 5. The van der Waals surface area contributed by atoms with Gasteiger partial charge in [0.2, 0.25) is 0 Å². The summed E-state index contributed by atoms with van der Waals surface area (Å²) in [6, 6.07) is 0. The zero-order valence-electron chi connectivity index (χ0n) is 38.3. The van der Waals surface area contributed by atoms with E-state index in [1.54, 1.807) is 42.5 Å². The third-order valence-electron chi connectivity index (χ3n) is 9.96. The van der Waals surface area contributed by atoms with Crippen LogP contribution in [0.2, 0.25) is 0 Å². The molecule has 1 unspecified atom stereocenters. The van der Waals surface area contributed by atoms with Crippen molar-refractivity contribution in [2.24, 2.45) is 5.92 Å². The van der Waals surface area contributed by atoms with Crippen LogP contribution in [0.4, 0.5) is 0 Å². The number of ether oxygens (including phenoxy) is 2. The first-order valence-corrected chi connectivity index (χ1v) is 24.9. The number of phosphoric ester groups is 1. The second kappa shape index (κ2) is 41.3. The minimum atomic E-state index is -4.71. The first-order valence-electron chi connectivity index (χ1n) is 23.4. The lowest BCUT2D eigenvalue weighted by atomic mass is 10.0. The summed E-state index contributed by atoms with van der Waals surface area (Å²) in [7, 11) is -4.71. The summed E-state index contributed by atoms with van der Waals surface area (Å²) >= 11 is 0. The molecule has 0 aliphatic heterocycles. The fourth-order valence-electron chi connectivity index (χ4n) is 6.23. The first kappa shape index (κ1) is 59.5. The zero-order chi connectivity index (χ0) is 46.1. The molecule has 0 saturated heterocycles. The van der Waals surface area contributed by atoms with Crippen molar-refractivity contribution in [3.63, 3.8) is 0 Å². The van der Waals surface area contributed by atoms with Crippen molar-refractivity contribution in [2.45, 2.75) is 199 Å². The third kappa shape index (κ3) is 40.3. The molecule has 6 atom stereocenters. The van der Waals surface area contributed by atoms with Gasteiger partial charge in [-0.2, -0.15) is 0 Å². The van der Waals surface area contributed by atoms with Crippen molar-refractivity contribution >= 4 is 19.8 Å². The number of esters is 2. The van der Waals surface area contributed by atoms with Crippen molar-refractivity contribution in [1.82, 2.24) is 0 Å². The number of rotatable bonds is 42. The van der Waals surface area contributed by atoms with Crippen LogP contribution < -0.4 is 0 Å². The van der Waals surface area contributed by atoms with Crippen LogP contribution in [0.15, 0.2) is 60.8 Å². The number of allylic oxidation sites excluding steroid dienone is 7. The molecule has 0 aliphatic rings. The molecule has 0 rings (SSSR count). The molecule has 0 saturated carbocycles. The maximum absolute atomic E-state index is 12.7. The molecule has 62 heavy (non-hydrogen) atoms. The minimum Gasteiger partial charge on any atom is -0.462 e. The molecule has 0 spiro atoms. The van der Waals surface area contributed by atoms with Crippen LogP contribution in [0.25, 0.3) is 0 Å². The Balaban J connectivity index is 4.53. The molecular weight excluding hydrogens is 815 g/mol. The molecule has 0 aliphatic carbocycles. The van der Waals surface area contributed by atoms with Gasteiger partial charge in [0.1, 0.15) is 12.7 Å². The lowest BCUT2D eigenvalue weighted by Gasteiger charge is -2.20. The second-order valence-electron chi connectivity index (χ2n) is 16.5. The largest absolute Gasteiger partial charge is 0.472 e. The fourth-order valence-corrected chi connectivity index (χ4v) is 7.02. The van der Waals surface area contributed by atoms with Crippen molar-refractivity contribution < 1.29 is 63.1 Å². The average Bonchev–Trinajstić information content (AvgIpc) is 3.24. The molecule has 0 aromatic heterocycles. The highest BCUT2D eigenvalue weighted by Crippen LogP contribution is 2.43. The maximum Gasteiger partial charge on any atom is 0.472 e. The van der Waals surface area contributed by atoms with Gasteiger partial charge in [0.25, 0.3) is 0 Å². The van der Waals surface area contributed by atoms with Crippen LogP contribution in [0.3, 0.4) is 0 Å². The van der Waals surface area contributed by atoms with Crippen LogP contribution in [0.5, 0.6) is 0 Å². The van der Waals surface area contributed by atoms with E-state index in [9.17, 15) is 39.5 Å². The Kier molecular flexibility index (Phi) is 39.6. The minimum absolute atomic E-state index is 0.0933. The molecule has 13 nitrogen and oxygen atoms in total. The van der Waals surface area contributed by atoms with Gasteiger partial charge < -0.3 is 39.9 Å². The number of hydrogen-bond donors (Lipinski definition) is 6. The van der Waals surface area contributed by atoms with Gasteiger partial charge in [-0.15, -0.1) is 0 Å². The number of phosphoric acid groups is 1. The standard InChI is InChI=1S/C48H85O13P/c1-4-5-24-31-42(50)32-26-21-18-19-22-27-33-45(52)46(53)34-29-36-47(54)58-39-44(40-60-62(56,57)59-38-43(51)37-49)61-48(55)35-28-23-17-15-13-11-9-7-6-8-10-12-14-16-20-25-30-41(2)3/h5,18-19,21-22,24,26-27,32-33,41-46,49-53H,4,6-17,20,23,25,28-31,34-40H2,1-3H3,(H,56,57)/b21-18+,22-19-,24-5-,32-26+,33-27-/t42-,43+,44-,45+,46+/m1/s1. The SMILES string of the molecule is CC/C=C\C[C@@H](O)/C=C/C=C/C=C\C=C/[C@H](O)[C@@H](O)CCCC(=O)OC[C@H](COP(=O)(O)OC[C@@H](O)CO)OC(=O)CCCCCCCCCCCCCCCCCCC(C)C. The van der Waals surface area contributed by atoms with Gasteiger partial charge in [-0.25, -0.2) is 4.57 Å². The second-order valence-corrected chi connectivity index (χ2v) is 17.9. The number of carbonyl (C=O) groups is 2. The van der Waals surface area contributed by atoms with E-state index in [0.717, 1.165) is 31.6 Å². The van der Waals surface area contributed by atoms with Crippen molar-refractivity contribution in [3.8, 4) is 0 Å². The van der Waals surface area contributed by atoms with E-state index < -0.39 is 76.7 Å². The number of hydrogen-bond acceptors (Lipinski definition) is 12. The Labute approximate surface area is 374 Å². The summed E-state index contributed by atoms with van der Waals surface area (Å²) in [6.07, 6.45) is 34.2. The lowest BCUT2D eigenvalue weighted by molar-refractivity contribution is -0.161. The van der Waals surface area contributed by atoms with Crippen LogP contribution in [-0.2, 0) is 32.7 Å². The molecule has 14 heteroatoms. The predicted octanol–water partition coefficient (Wildman–Crippen LogP) is 9.44. The Morgan fingerprint density at radius 1 is 0.597 bits per heavy atom. The third-order valence-corrected chi connectivity index (χ3v) is 10.9. The quantitative estimate of drug-likeness (QED) is 0.0111. The summed E-state index contributed by atoms with van der Waals surface area (Å²) in [5, 5.41) is 48.8. The van der Waals surface area contributed by atoms with Crippen LogP contribution >= 0.6 is 7.82 Å². The summed E-state index contributed by atoms with van der Waals surface area (Å²) in [6.45, 7) is 4.14. The Bertz CT molecular complexity index is 1280. The van der Waals surface area contributed by atoms with E-state index in [1.165, 1.54) is 89.5 Å². The normalized spacial score (nSPS) is 15.9. The van der Waals surface area contributed by atoms with Gasteiger partial charge in [0.15, 0.2) is 6.10 Å². The highest BCUT2D eigenvalue weighted by atomic mass is 31.2. The van der Waals surface area contributed by atoms with E-state index in [0.29, 0.717) is 12.8 Å². The summed E-state index contributed by atoms with van der Waals surface area (Å²) in [5.74, 6) is -0.439. The van der Waals surface area contributed by atoms with Gasteiger partial charge >= 0.3 is 19.8 Å². The first-order chi connectivity index (χ1) is 29.8. The zero-order valence-corrected chi connectivity index (χ0v) is 39.2.